The Morgan fingerprint density at radius 2 is 1.77 bits per heavy atom. The molecule has 0 radical (unpaired) electrons. The lowest BCUT2D eigenvalue weighted by atomic mass is 9.69. The molecule has 3 aromatic rings. The molecular weight excluding hydrogens is 446 g/mol. The van der Waals surface area contributed by atoms with Gasteiger partial charge in [0.15, 0.2) is 23.0 Å². The molecule has 0 unspecified atom stereocenters. The molecule has 0 aromatic heterocycles. The predicted molar refractivity (Wildman–Crippen MR) is 126 cm³/mol. The summed E-state index contributed by atoms with van der Waals surface area (Å²) < 4.78 is 28.3. The highest BCUT2D eigenvalue weighted by molar-refractivity contribution is 5.72. The third-order valence-corrected chi connectivity index (χ3v) is 6.84. The fourth-order valence-electron chi connectivity index (χ4n) is 5.12. The van der Waals surface area contributed by atoms with Gasteiger partial charge in [-0.3, -0.25) is 4.90 Å². The molecule has 0 fully saturated rings. The zero-order valence-corrected chi connectivity index (χ0v) is 19.2. The monoisotopic (exact) mass is 469 g/mol. The highest BCUT2D eigenvalue weighted by Gasteiger charge is 2.49. The van der Waals surface area contributed by atoms with Crippen molar-refractivity contribution in [3.63, 3.8) is 0 Å². The molecule has 0 spiro atoms. The Bertz CT molecular complexity index is 1350. The summed E-state index contributed by atoms with van der Waals surface area (Å²) in [5.74, 6) is 5.53. The number of benzene rings is 3. The lowest BCUT2D eigenvalue weighted by Gasteiger charge is -2.46. The minimum Gasteiger partial charge on any atom is -0.454 e. The lowest BCUT2D eigenvalue weighted by Crippen LogP contribution is -2.48. The zero-order chi connectivity index (χ0) is 24.0. The van der Waals surface area contributed by atoms with Crippen LogP contribution >= 0.6 is 0 Å². The number of hydrogen-bond acceptors (Lipinski definition) is 6. The van der Waals surface area contributed by atoms with E-state index in [9.17, 15) is 4.79 Å². The zero-order valence-electron chi connectivity index (χ0n) is 19.2. The molecule has 176 valence electrons. The molecule has 7 heteroatoms. The molecule has 2 atom stereocenters. The second-order valence-corrected chi connectivity index (χ2v) is 8.86. The number of amides is 1. The predicted octanol–water partition coefficient (Wildman–Crippen LogP) is 4.93. The van der Waals surface area contributed by atoms with Gasteiger partial charge in [-0.15, -0.1) is 6.42 Å². The van der Waals surface area contributed by atoms with E-state index in [1.54, 1.807) is 4.90 Å². The summed E-state index contributed by atoms with van der Waals surface area (Å²) in [6.45, 7) is 2.65. The highest BCUT2D eigenvalue weighted by atomic mass is 16.7. The number of terminal acetylenes is 1. The first-order valence-corrected chi connectivity index (χ1v) is 11.3. The van der Waals surface area contributed by atoms with E-state index in [1.165, 1.54) is 0 Å². The van der Waals surface area contributed by atoms with Crippen LogP contribution < -0.4 is 18.9 Å². The standard InChI is InChI=1S/C28H23NO6/c1-3-28(2)21-10-12-23-25(35-17-33-23)20(21)14-29(27(30)31-15-18-7-5-4-6-8-18)26(28)19-9-11-22-24(13-19)34-16-32-22/h1,4-13,26H,14-17H2,2H3/t26-,28-/m1/s1. The second-order valence-electron chi connectivity index (χ2n) is 8.86. The Kier molecular flexibility index (Phi) is 4.96. The van der Waals surface area contributed by atoms with Crippen molar-refractivity contribution in [2.45, 2.75) is 31.5 Å². The summed E-state index contributed by atoms with van der Waals surface area (Å²) in [6.07, 6.45) is 5.74. The summed E-state index contributed by atoms with van der Waals surface area (Å²) >= 11 is 0. The van der Waals surface area contributed by atoms with Crippen molar-refractivity contribution in [3.05, 3.63) is 82.9 Å². The van der Waals surface area contributed by atoms with Gasteiger partial charge in [0.25, 0.3) is 0 Å². The van der Waals surface area contributed by atoms with Crippen LogP contribution in [0.1, 0.15) is 35.2 Å². The fraction of sp³-hybridized carbons (Fsp3) is 0.250. The van der Waals surface area contributed by atoms with Gasteiger partial charge in [0.1, 0.15) is 6.61 Å². The van der Waals surface area contributed by atoms with Crippen molar-refractivity contribution >= 4 is 6.09 Å². The van der Waals surface area contributed by atoms with Gasteiger partial charge in [0.2, 0.25) is 13.6 Å². The number of fused-ring (bicyclic) bond motifs is 4. The quantitative estimate of drug-likeness (QED) is 0.507. The van der Waals surface area contributed by atoms with E-state index in [1.807, 2.05) is 67.6 Å². The molecule has 3 aliphatic heterocycles. The highest BCUT2D eigenvalue weighted by Crippen LogP contribution is 2.53. The molecule has 6 rings (SSSR count). The Labute approximate surface area is 203 Å². The smallest absolute Gasteiger partial charge is 0.410 e. The van der Waals surface area contributed by atoms with Gasteiger partial charge in [-0.2, -0.15) is 0 Å². The first kappa shape index (κ1) is 21.2. The third-order valence-electron chi connectivity index (χ3n) is 6.84. The van der Waals surface area contributed by atoms with Gasteiger partial charge in [0.05, 0.1) is 18.0 Å². The maximum absolute atomic E-state index is 13.6. The van der Waals surface area contributed by atoms with E-state index in [4.69, 9.17) is 30.1 Å². The van der Waals surface area contributed by atoms with Gasteiger partial charge in [-0.1, -0.05) is 48.4 Å². The molecule has 7 nitrogen and oxygen atoms in total. The number of ether oxygens (including phenoxy) is 5. The third kappa shape index (κ3) is 3.41. The number of rotatable bonds is 3. The SMILES string of the molecule is C#C[C@]1(C)c2ccc3c(c2CN(C(=O)OCc2ccccc2)[C@@H]1c1ccc2c(c1)OCO2)OCO3. The van der Waals surface area contributed by atoms with Gasteiger partial charge in [0, 0.05) is 5.56 Å². The molecule has 3 heterocycles. The Balaban J connectivity index is 1.45. The van der Waals surface area contributed by atoms with Crippen LogP contribution in [0.4, 0.5) is 4.79 Å². The molecule has 3 aromatic carbocycles. The lowest BCUT2D eigenvalue weighted by molar-refractivity contribution is 0.0580. The maximum atomic E-state index is 13.6. The van der Waals surface area contributed by atoms with Crippen LogP contribution in [0.15, 0.2) is 60.7 Å². The van der Waals surface area contributed by atoms with Crippen LogP contribution in [-0.4, -0.2) is 24.6 Å². The summed E-state index contributed by atoms with van der Waals surface area (Å²) in [4.78, 5) is 15.3. The van der Waals surface area contributed by atoms with Crippen molar-refractivity contribution in [2.75, 3.05) is 13.6 Å². The van der Waals surface area contributed by atoms with Crippen LogP contribution in [-0.2, 0) is 23.3 Å². The number of carbonyl (C=O) groups is 1. The molecule has 0 aliphatic carbocycles. The number of carbonyl (C=O) groups excluding carboxylic acids is 1. The largest absolute Gasteiger partial charge is 0.454 e. The summed E-state index contributed by atoms with van der Waals surface area (Å²) in [5, 5.41) is 0. The summed E-state index contributed by atoms with van der Waals surface area (Å²) in [7, 11) is 0. The fourth-order valence-corrected chi connectivity index (χ4v) is 5.12. The van der Waals surface area contributed by atoms with Gasteiger partial charge in [-0.05, 0) is 41.8 Å². The van der Waals surface area contributed by atoms with E-state index in [2.05, 4.69) is 5.92 Å². The summed E-state index contributed by atoms with van der Waals surface area (Å²) in [5.41, 5.74) is 2.59. The van der Waals surface area contributed by atoms with Crippen molar-refractivity contribution < 1.29 is 28.5 Å². The second kappa shape index (κ2) is 8.17. The molecule has 1 amide bonds. The molecule has 0 saturated carbocycles. The molecule has 35 heavy (non-hydrogen) atoms. The average molecular weight is 469 g/mol. The van der Waals surface area contributed by atoms with E-state index in [0.29, 0.717) is 23.0 Å². The first-order valence-electron chi connectivity index (χ1n) is 11.3. The molecular formula is C28H23NO6. The Hall–Kier alpha value is -4.31. The maximum Gasteiger partial charge on any atom is 0.410 e. The van der Waals surface area contributed by atoms with Crippen LogP contribution in [0, 0.1) is 12.3 Å². The Morgan fingerprint density at radius 1 is 1.03 bits per heavy atom. The van der Waals surface area contributed by atoms with Crippen LogP contribution in [0.25, 0.3) is 0 Å². The van der Waals surface area contributed by atoms with E-state index >= 15 is 0 Å². The van der Waals surface area contributed by atoms with Crippen LogP contribution in [0.5, 0.6) is 23.0 Å². The Morgan fingerprint density at radius 3 is 2.60 bits per heavy atom. The normalized spacial score (nSPS) is 21.3. The van der Waals surface area contributed by atoms with Gasteiger partial charge >= 0.3 is 6.09 Å². The van der Waals surface area contributed by atoms with Crippen molar-refractivity contribution in [1.82, 2.24) is 4.90 Å². The topological polar surface area (TPSA) is 66.5 Å². The molecule has 3 aliphatic rings. The number of nitrogens with zero attached hydrogens (tertiary/aromatic N) is 1. The van der Waals surface area contributed by atoms with Crippen molar-refractivity contribution in [2.24, 2.45) is 0 Å². The van der Waals surface area contributed by atoms with Crippen molar-refractivity contribution in [3.8, 4) is 35.3 Å². The molecule has 0 bridgehead atoms. The molecule has 0 saturated heterocycles. The van der Waals surface area contributed by atoms with Gasteiger partial charge < -0.3 is 23.7 Å². The van der Waals surface area contributed by atoms with Crippen LogP contribution in [0.3, 0.4) is 0 Å². The summed E-state index contributed by atoms with van der Waals surface area (Å²) in [6, 6.07) is 18.5. The van der Waals surface area contributed by atoms with E-state index < -0.39 is 17.6 Å². The van der Waals surface area contributed by atoms with E-state index in [0.717, 1.165) is 22.3 Å². The number of hydrogen-bond donors (Lipinski definition) is 0. The van der Waals surface area contributed by atoms with E-state index in [-0.39, 0.29) is 26.7 Å². The van der Waals surface area contributed by atoms with Crippen LogP contribution in [0.2, 0.25) is 0 Å². The van der Waals surface area contributed by atoms with Crippen molar-refractivity contribution in [1.29, 1.82) is 0 Å². The first-order chi connectivity index (χ1) is 17.1. The molecule has 0 N–H and O–H groups in total. The minimum atomic E-state index is -0.881. The average Bonchev–Trinajstić information content (AvgIpc) is 3.57. The minimum absolute atomic E-state index is 0.128. The van der Waals surface area contributed by atoms with Gasteiger partial charge in [-0.25, -0.2) is 4.79 Å².